The molecule has 2 heterocycles. The topological polar surface area (TPSA) is 53.2 Å². The minimum Gasteiger partial charge on any atom is -0.355 e. The van der Waals surface area contributed by atoms with E-state index in [9.17, 15) is 4.79 Å². The van der Waals surface area contributed by atoms with Gasteiger partial charge in [0.05, 0.1) is 0 Å². The van der Waals surface area contributed by atoms with Crippen LogP contribution in [-0.4, -0.2) is 37.6 Å². The number of rotatable bonds is 0. The molecule has 0 aromatic rings. The molecule has 0 radical (unpaired) electrons. The molecule has 0 saturated carbocycles. The van der Waals surface area contributed by atoms with E-state index >= 15 is 0 Å². The molecule has 62 valence electrons. The van der Waals surface area contributed by atoms with Crippen LogP contribution in [0.15, 0.2) is 0 Å². The summed E-state index contributed by atoms with van der Waals surface area (Å²) in [5.41, 5.74) is 0. The number of carbonyl (C=O) groups excluding carboxylic acids is 1. The van der Waals surface area contributed by atoms with Gasteiger partial charge >= 0.3 is 0 Å². The summed E-state index contributed by atoms with van der Waals surface area (Å²) in [6, 6.07) is 0.370. The highest BCUT2D eigenvalue weighted by atomic mass is 16.2. The molecule has 2 atom stereocenters. The zero-order valence-electron chi connectivity index (χ0n) is 6.39. The van der Waals surface area contributed by atoms with Gasteiger partial charge in [-0.2, -0.15) is 0 Å². The third-order valence-corrected chi connectivity index (χ3v) is 2.34. The number of carbonyl (C=O) groups is 1. The number of amides is 1. The van der Waals surface area contributed by atoms with Gasteiger partial charge in [0, 0.05) is 25.7 Å². The van der Waals surface area contributed by atoms with Crippen LogP contribution in [0.3, 0.4) is 0 Å². The van der Waals surface area contributed by atoms with E-state index in [0.717, 1.165) is 26.1 Å². The van der Waals surface area contributed by atoms with Crippen LogP contribution in [0.25, 0.3) is 0 Å². The van der Waals surface area contributed by atoms with Gasteiger partial charge in [-0.25, -0.2) is 0 Å². The Bertz CT molecular complexity index is 169. The minimum absolute atomic E-state index is 0.0116. The third kappa shape index (κ3) is 1.23. The average molecular weight is 155 g/mol. The standard InChI is InChI=1S/C7H13N3O/c11-7-6-5(1-2-10-7)8-3-4-9-6/h5-6,8-9H,1-4H2,(H,10,11). The third-order valence-electron chi connectivity index (χ3n) is 2.34. The van der Waals surface area contributed by atoms with Crippen molar-refractivity contribution in [1.29, 1.82) is 0 Å². The number of piperazine rings is 1. The Hall–Kier alpha value is -0.610. The molecule has 0 bridgehead atoms. The molecule has 0 spiro atoms. The molecule has 3 N–H and O–H groups in total. The number of hydrogen-bond acceptors (Lipinski definition) is 3. The maximum atomic E-state index is 11.2. The van der Waals surface area contributed by atoms with Gasteiger partial charge < -0.3 is 16.0 Å². The van der Waals surface area contributed by atoms with Crippen molar-refractivity contribution >= 4 is 5.91 Å². The van der Waals surface area contributed by atoms with Crippen LogP contribution in [0.4, 0.5) is 0 Å². The van der Waals surface area contributed by atoms with Crippen LogP contribution >= 0.6 is 0 Å². The first-order valence-electron chi connectivity index (χ1n) is 4.12. The maximum Gasteiger partial charge on any atom is 0.238 e. The van der Waals surface area contributed by atoms with Gasteiger partial charge in [-0.3, -0.25) is 4.79 Å². The van der Waals surface area contributed by atoms with Crippen LogP contribution in [-0.2, 0) is 4.79 Å². The average Bonchev–Trinajstić information content (AvgIpc) is 2.06. The zero-order valence-corrected chi connectivity index (χ0v) is 6.39. The number of piperidine rings is 1. The first-order valence-corrected chi connectivity index (χ1v) is 4.12. The molecule has 0 aromatic heterocycles. The molecule has 2 fully saturated rings. The van der Waals surface area contributed by atoms with Gasteiger partial charge in [-0.15, -0.1) is 0 Å². The zero-order chi connectivity index (χ0) is 7.68. The summed E-state index contributed by atoms with van der Waals surface area (Å²) in [5.74, 6) is 0.147. The van der Waals surface area contributed by atoms with Gasteiger partial charge in [0.2, 0.25) is 5.91 Å². The lowest BCUT2D eigenvalue weighted by Gasteiger charge is -2.36. The molecule has 1 amide bonds. The molecule has 0 aliphatic carbocycles. The second kappa shape index (κ2) is 2.79. The van der Waals surface area contributed by atoms with Gasteiger partial charge in [-0.05, 0) is 6.42 Å². The normalized spacial score (nSPS) is 37.6. The monoisotopic (exact) mass is 155 g/mol. The maximum absolute atomic E-state index is 11.2. The fraction of sp³-hybridized carbons (Fsp3) is 0.857. The van der Waals surface area contributed by atoms with E-state index in [1.165, 1.54) is 0 Å². The van der Waals surface area contributed by atoms with E-state index in [0.29, 0.717) is 6.04 Å². The molecule has 2 saturated heterocycles. The van der Waals surface area contributed by atoms with Gasteiger partial charge in [-0.1, -0.05) is 0 Å². The highest BCUT2D eigenvalue weighted by molar-refractivity contribution is 5.83. The Morgan fingerprint density at radius 3 is 2.82 bits per heavy atom. The lowest BCUT2D eigenvalue weighted by atomic mass is 9.98. The second-order valence-electron chi connectivity index (χ2n) is 3.07. The Morgan fingerprint density at radius 2 is 2.00 bits per heavy atom. The number of fused-ring (bicyclic) bond motifs is 1. The Balaban J connectivity index is 2.05. The highest BCUT2D eigenvalue weighted by Gasteiger charge is 2.32. The van der Waals surface area contributed by atoms with Crippen molar-refractivity contribution in [2.24, 2.45) is 0 Å². The molecular formula is C7H13N3O. The van der Waals surface area contributed by atoms with Crippen LogP contribution in [0.2, 0.25) is 0 Å². The minimum atomic E-state index is 0.0116. The molecule has 4 nitrogen and oxygen atoms in total. The molecule has 2 aliphatic rings. The fourth-order valence-electron chi connectivity index (χ4n) is 1.75. The van der Waals surface area contributed by atoms with Crippen LogP contribution < -0.4 is 16.0 Å². The van der Waals surface area contributed by atoms with Crippen LogP contribution in [0.1, 0.15) is 6.42 Å². The fourth-order valence-corrected chi connectivity index (χ4v) is 1.75. The summed E-state index contributed by atoms with van der Waals surface area (Å²) < 4.78 is 0. The van der Waals surface area contributed by atoms with Crippen molar-refractivity contribution in [2.45, 2.75) is 18.5 Å². The summed E-state index contributed by atoms with van der Waals surface area (Å²) in [6.07, 6.45) is 1.05. The van der Waals surface area contributed by atoms with Crippen LogP contribution in [0.5, 0.6) is 0 Å². The van der Waals surface area contributed by atoms with Crippen molar-refractivity contribution in [3.8, 4) is 0 Å². The summed E-state index contributed by atoms with van der Waals surface area (Å²) in [6.45, 7) is 2.69. The lowest BCUT2D eigenvalue weighted by Crippen LogP contribution is -2.65. The quantitative estimate of drug-likeness (QED) is 0.396. The predicted molar refractivity (Wildman–Crippen MR) is 41.2 cm³/mol. The SMILES string of the molecule is O=C1NCCC2NCCNC12. The van der Waals surface area contributed by atoms with Gasteiger partial charge in [0.25, 0.3) is 0 Å². The first kappa shape index (κ1) is 7.06. The summed E-state index contributed by atoms with van der Waals surface area (Å²) >= 11 is 0. The van der Waals surface area contributed by atoms with Crippen molar-refractivity contribution in [1.82, 2.24) is 16.0 Å². The second-order valence-corrected chi connectivity index (χ2v) is 3.07. The van der Waals surface area contributed by atoms with Crippen molar-refractivity contribution in [3.05, 3.63) is 0 Å². The summed E-state index contributed by atoms with van der Waals surface area (Å²) in [5, 5.41) is 9.36. The van der Waals surface area contributed by atoms with Gasteiger partial charge in [0.1, 0.15) is 6.04 Å². The summed E-state index contributed by atoms with van der Waals surface area (Å²) in [7, 11) is 0. The van der Waals surface area contributed by atoms with Crippen molar-refractivity contribution < 1.29 is 4.79 Å². The molecule has 2 rings (SSSR count). The smallest absolute Gasteiger partial charge is 0.238 e. The van der Waals surface area contributed by atoms with E-state index in [1.54, 1.807) is 0 Å². The molecule has 0 aromatic carbocycles. The molecule has 11 heavy (non-hydrogen) atoms. The molecule has 4 heteroatoms. The van der Waals surface area contributed by atoms with Crippen LogP contribution in [0, 0.1) is 0 Å². The number of nitrogens with one attached hydrogen (secondary N) is 3. The van der Waals surface area contributed by atoms with E-state index < -0.39 is 0 Å². The Labute approximate surface area is 65.7 Å². The Kier molecular flexibility index (Phi) is 1.79. The highest BCUT2D eigenvalue weighted by Crippen LogP contribution is 2.06. The van der Waals surface area contributed by atoms with Crippen molar-refractivity contribution in [3.63, 3.8) is 0 Å². The summed E-state index contributed by atoms with van der Waals surface area (Å²) in [4.78, 5) is 11.2. The van der Waals surface area contributed by atoms with Crippen molar-refractivity contribution in [2.75, 3.05) is 19.6 Å². The number of hydrogen-bond donors (Lipinski definition) is 3. The largest absolute Gasteiger partial charge is 0.355 e. The van der Waals surface area contributed by atoms with E-state index in [4.69, 9.17) is 0 Å². The predicted octanol–water partition coefficient (Wildman–Crippen LogP) is -1.56. The molecular weight excluding hydrogens is 142 g/mol. The van der Waals surface area contributed by atoms with E-state index in [2.05, 4.69) is 16.0 Å². The Morgan fingerprint density at radius 1 is 1.18 bits per heavy atom. The van der Waals surface area contributed by atoms with Gasteiger partial charge in [0.15, 0.2) is 0 Å². The lowest BCUT2D eigenvalue weighted by molar-refractivity contribution is -0.125. The first-order chi connectivity index (χ1) is 5.38. The van der Waals surface area contributed by atoms with E-state index in [-0.39, 0.29) is 11.9 Å². The molecule has 2 aliphatic heterocycles. The van der Waals surface area contributed by atoms with E-state index in [1.807, 2.05) is 0 Å². The molecule has 2 unspecified atom stereocenters.